The van der Waals surface area contributed by atoms with Crippen LogP contribution in [0.3, 0.4) is 0 Å². The van der Waals surface area contributed by atoms with Crippen molar-refractivity contribution in [2.24, 2.45) is 0 Å². The van der Waals surface area contributed by atoms with Crippen LogP contribution in [0.5, 0.6) is 0 Å². The Labute approximate surface area is 168 Å². The van der Waals surface area contributed by atoms with E-state index in [0.717, 1.165) is 0 Å². The molecule has 2 aromatic carbocycles. The van der Waals surface area contributed by atoms with Crippen LogP contribution < -0.4 is 5.56 Å². The molecule has 1 aliphatic rings. The molecule has 4 rings (SSSR count). The first-order valence-corrected chi connectivity index (χ1v) is 10.7. The zero-order chi connectivity index (χ0) is 20.4. The molecule has 0 aliphatic carbocycles. The van der Waals surface area contributed by atoms with Gasteiger partial charge in [-0.1, -0.05) is 30.3 Å². The van der Waals surface area contributed by atoms with E-state index >= 15 is 0 Å². The highest BCUT2D eigenvalue weighted by molar-refractivity contribution is 7.89. The van der Waals surface area contributed by atoms with Crippen molar-refractivity contribution in [1.82, 2.24) is 18.8 Å². The Morgan fingerprint density at radius 3 is 2.31 bits per heavy atom. The minimum Gasteiger partial charge on any atom is -0.338 e. The highest BCUT2D eigenvalue weighted by atomic mass is 32.2. The topological polar surface area (TPSA) is 92.6 Å². The maximum atomic E-state index is 12.8. The van der Waals surface area contributed by atoms with Crippen molar-refractivity contribution >= 4 is 27.0 Å². The maximum absolute atomic E-state index is 12.8. The number of nitrogens with zero attached hydrogens (tertiary/aromatic N) is 4. The van der Waals surface area contributed by atoms with Gasteiger partial charge in [0.25, 0.3) is 5.56 Å². The summed E-state index contributed by atoms with van der Waals surface area (Å²) in [7, 11) is -3.57. The third kappa shape index (κ3) is 3.79. The Kier molecular flexibility index (Phi) is 5.16. The molecule has 1 aromatic heterocycles. The molecule has 3 aromatic rings. The van der Waals surface area contributed by atoms with E-state index in [0.29, 0.717) is 11.0 Å². The maximum Gasteiger partial charge on any atom is 0.269 e. The van der Waals surface area contributed by atoms with Crippen molar-refractivity contribution in [3.63, 3.8) is 0 Å². The predicted molar refractivity (Wildman–Crippen MR) is 108 cm³/mol. The number of carbonyl (C=O) groups excluding carboxylic acids is 1. The minimum atomic E-state index is -3.57. The molecular formula is C20H20N4O4S. The largest absolute Gasteiger partial charge is 0.338 e. The number of hydrogen-bond donors (Lipinski definition) is 0. The number of para-hydroxylation sites is 2. The van der Waals surface area contributed by atoms with Crippen LogP contribution in [0.1, 0.15) is 0 Å². The SMILES string of the molecule is O=C(Cn1c(=O)cnc2ccccc21)N1CCN(S(=O)(=O)c2ccccc2)CC1. The molecule has 1 fully saturated rings. The van der Waals surface area contributed by atoms with Crippen LogP contribution in [0.25, 0.3) is 11.0 Å². The molecule has 0 radical (unpaired) electrons. The molecule has 2 heterocycles. The first-order chi connectivity index (χ1) is 14.0. The Morgan fingerprint density at radius 1 is 0.931 bits per heavy atom. The van der Waals surface area contributed by atoms with Gasteiger partial charge in [-0.3, -0.25) is 14.2 Å². The van der Waals surface area contributed by atoms with E-state index in [-0.39, 0.29) is 49.1 Å². The summed E-state index contributed by atoms with van der Waals surface area (Å²) in [6.07, 6.45) is 1.21. The fourth-order valence-corrected chi connectivity index (χ4v) is 4.88. The number of benzene rings is 2. The lowest BCUT2D eigenvalue weighted by Crippen LogP contribution is -2.51. The van der Waals surface area contributed by atoms with Gasteiger partial charge in [-0.15, -0.1) is 0 Å². The Balaban J connectivity index is 1.47. The summed E-state index contributed by atoms with van der Waals surface area (Å²) in [6, 6.07) is 15.4. The van der Waals surface area contributed by atoms with Crippen molar-refractivity contribution in [3.8, 4) is 0 Å². The van der Waals surface area contributed by atoms with Crippen LogP contribution in [0, 0.1) is 0 Å². The summed E-state index contributed by atoms with van der Waals surface area (Å²) in [5, 5.41) is 0. The van der Waals surface area contributed by atoms with E-state index in [2.05, 4.69) is 4.98 Å². The Morgan fingerprint density at radius 2 is 1.59 bits per heavy atom. The normalized spacial score (nSPS) is 15.5. The lowest BCUT2D eigenvalue weighted by molar-refractivity contribution is -0.133. The molecule has 1 aliphatic heterocycles. The molecule has 0 bridgehead atoms. The zero-order valence-corrected chi connectivity index (χ0v) is 16.5. The molecule has 1 amide bonds. The molecule has 0 unspecified atom stereocenters. The molecule has 0 N–H and O–H groups in total. The molecule has 1 saturated heterocycles. The number of carbonyl (C=O) groups is 1. The quantitative estimate of drug-likeness (QED) is 0.636. The van der Waals surface area contributed by atoms with Gasteiger partial charge in [0.15, 0.2) is 0 Å². The standard InChI is InChI=1S/C20H20N4O4S/c25-19-14-21-17-8-4-5-9-18(17)24(19)15-20(26)22-10-12-23(13-11-22)29(27,28)16-6-2-1-3-7-16/h1-9,14H,10-13,15H2. The Bertz CT molecular complexity index is 1200. The second-order valence-corrected chi connectivity index (χ2v) is 8.71. The number of hydrogen-bond acceptors (Lipinski definition) is 5. The lowest BCUT2D eigenvalue weighted by atomic mass is 10.3. The highest BCUT2D eigenvalue weighted by Gasteiger charge is 2.30. The van der Waals surface area contributed by atoms with Gasteiger partial charge >= 0.3 is 0 Å². The van der Waals surface area contributed by atoms with Crippen molar-refractivity contribution in [2.75, 3.05) is 26.2 Å². The van der Waals surface area contributed by atoms with Crippen molar-refractivity contribution in [1.29, 1.82) is 0 Å². The van der Waals surface area contributed by atoms with Crippen molar-refractivity contribution in [3.05, 3.63) is 71.1 Å². The molecule has 0 saturated carbocycles. The number of amides is 1. The summed E-state index contributed by atoms with van der Waals surface area (Å²) in [6.45, 7) is 0.891. The van der Waals surface area contributed by atoms with Crippen LogP contribution in [-0.2, 0) is 21.4 Å². The fraction of sp³-hybridized carbons (Fsp3) is 0.250. The number of fused-ring (bicyclic) bond motifs is 1. The zero-order valence-electron chi connectivity index (χ0n) is 15.6. The van der Waals surface area contributed by atoms with E-state index in [1.54, 1.807) is 53.4 Å². The molecule has 9 heteroatoms. The number of sulfonamides is 1. The third-order valence-corrected chi connectivity index (χ3v) is 6.93. The van der Waals surface area contributed by atoms with Crippen LogP contribution >= 0.6 is 0 Å². The molecule has 8 nitrogen and oxygen atoms in total. The van der Waals surface area contributed by atoms with Crippen LogP contribution in [-0.4, -0.2) is 59.3 Å². The molecule has 29 heavy (non-hydrogen) atoms. The van der Waals surface area contributed by atoms with Gasteiger partial charge in [-0.2, -0.15) is 4.31 Å². The average Bonchev–Trinajstić information content (AvgIpc) is 2.76. The minimum absolute atomic E-state index is 0.104. The molecular weight excluding hydrogens is 392 g/mol. The Hall–Kier alpha value is -3.04. The number of rotatable bonds is 4. The first-order valence-electron chi connectivity index (χ1n) is 9.24. The third-order valence-electron chi connectivity index (χ3n) is 5.02. The molecule has 0 atom stereocenters. The summed E-state index contributed by atoms with van der Waals surface area (Å²) in [4.78, 5) is 30.9. The van der Waals surface area contributed by atoms with E-state index in [1.807, 2.05) is 6.07 Å². The van der Waals surface area contributed by atoms with E-state index in [1.165, 1.54) is 15.1 Å². The lowest BCUT2D eigenvalue weighted by Gasteiger charge is -2.34. The van der Waals surface area contributed by atoms with Crippen LogP contribution in [0.2, 0.25) is 0 Å². The summed E-state index contributed by atoms with van der Waals surface area (Å²) in [5.74, 6) is -0.222. The second-order valence-electron chi connectivity index (χ2n) is 6.77. The first kappa shape index (κ1) is 19.3. The summed E-state index contributed by atoms with van der Waals surface area (Å²) in [5.41, 5.74) is 0.889. The van der Waals surface area contributed by atoms with Gasteiger partial charge in [0.05, 0.1) is 22.1 Å². The fourth-order valence-electron chi connectivity index (χ4n) is 3.43. The average molecular weight is 412 g/mol. The van der Waals surface area contributed by atoms with Crippen molar-refractivity contribution < 1.29 is 13.2 Å². The summed E-state index contributed by atoms with van der Waals surface area (Å²) < 4.78 is 28.2. The smallest absolute Gasteiger partial charge is 0.269 e. The van der Waals surface area contributed by atoms with E-state index in [9.17, 15) is 18.0 Å². The van der Waals surface area contributed by atoms with Crippen LogP contribution in [0.15, 0.2) is 70.5 Å². The van der Waals surface area contributed by atoms with E-state index < -0.39 is 10.0 Å². The van der Waals surface area contributed by atoms with Gasteiger partial charge in [0, 0.05) is 26.2 Å². The second kappa shape index (κ2) is 7.76. The number of piperazine rings is 1. The van der Waals surface area contributed by atoms with Crippen molar-refractivity contribution in [2.45, 2.75) is 11.4 Å². The summed E-state index contributed by atoms with van der Waals surface area (Å²) >= 11 is 0. The van der Waals surface area contributed by atoms with Gasteiger partial charge in [-0.05, 0) is 24.3 Å². The molecule has 0 spiro atoms. The predicted octanol–water partition coefficient (Wildman–Crippen LogP) is 0.930. The molecule has 150 valence electrons. The van der Waals surface area contributed by atoms with Gasteiger partial charge in [0.1, 0.15) is 6.54 Å². The van der Waals surface area contributed by atoms with Crippen LogP contribution in [0.4, 0.5) is 0 Å². The number of aromatic nitrogens is 2. The van der Waals surface area contributed by atoms with Gasteiger partial charge in [-0.25, -0.2) is 13.4 Å². The van der Waals surface area contributed by atoms with Gasteiger partial charge < -0.3 is 4.90 Å². The van der Waals surface area contributed by atoms with Gasteiger partial charge in [0.2, 0.25) is 15.9 Å². The monoisotopic (exact) mass is 412 g/mol. The highest BCUT2D eigenvalue weighted by Crippen LogP contribution is 2.17. The van der Waals surface area contributed by atoms with E-state index in [4.69, 9.17) is 0 Å².